The maximum atomic E-state index is 12.1. The molecule has 0 radical (unpaired) electrons. The van der Waals surface area contributed by atoms with Crippen LogP contribution in [0.15, 0.2) is 18.2 Å². The van der Waals surface area contributed by atoms with Crippen LogP contribution >= 0.6 is 0 Å². The molecule has 2 amide bonds. The van der Waals surface area contributed by atoms with Gasteiger partial charge in [-0.3, -0.25) is 0 Å². The Labute approximate surface area is 113 Å². The number of nitrogens with zero attached hydrogens (tertiary/aromatic N) is 1. The molecule has 19 heavy (non-hydrogen) atoms. The molecule has 0 aliphatic rings. The predicted octanol–water partition coefficient (Wildman–Crippen LogP) is 1.51. The molecule has 0 aliphatic carbocycles. The Kier molecular flexibility index (Phi) is 6.32. The number of nitrogens with one attached hydrogen (secondary N) is 1. The average molecular weight is 266 g/mol. The topological polar surface area (TPSA) is 72.8 Å². The zero-order chi connectivity index (χ0) is 14.3. The van der Waals surface area contributed by atoms with E-state index in [9.17, 15) is 4.79 Å². The molecule has 0 heterocycles. The lowest BCUT2D eigenvalue weighted by atomic mass is 10.1. The van der Waals surface area contributed by atoms with Crippen molar-refractivity contribution in [3.8, 4) is 0 Å². The fraction of sp³-hybridized carbons (Fsp3) is 0.500. The summed E-state index contributed by atoms with van der Waals surface area (Å²) in [5, 5.41) is 20.6. The standard InChI is InChI=1S/C14H22N2O3/c1-11-4-5-12(2)13(10-11)15-14(19)16(7-9-18)6-3-8-17/h4-5,10,17-18H,3,6-9H2,1-2H3,(H,15,19). The number of aliphatic hydroxyl groups is 2. The molecule has 1 aromatic rings. The minimum atomic E-state index is -0.254. The highest BCUT2D eigenvalue weighted by atomic mass is 16.3. The van der Waals surface area contributed by atoms with Crippen molar-refractivity contribution in [1.29, 1.82) is 0 Å². The lowest BCUT2D eigenvalue weighted by Crippen LogP contribution is -2.38. The van der Waals surface area contributed by atoms with Crippen LogP contribution in [0, 0.1) is 13.8 Å². The fourth-order valence-corrected chi connectivity index (χ4v) is 1.76. The highest BCUT2D eigenvalue weighted by molar-refractivity contribution is 5.90. The summed E-state index contributed by atoms with van der Waals surface area (Å²) in [5.41, 5.74) is 2.84. The predicted molar refractivity (Wildman–Crippen MR) is 75.3 cm³/mol. The van der Waals surface area contributed by atoms with E-state index in [1.807, 2.05) is 32.0 Å². The minimum Gasteiger partial charge on any atom is -0.396 e. The molecule has 3 N–H and O–H groups in total. The summed E-state index contributed by atoms with van der Waals surface area (Å²) < 4.78 is 0. The van der Waals surface area contributed by atoms with Gasteiger partial charge in [-0.2, -0.15) is 0 Å². The summed E-state index contributed by atoms with van der Waals surface area (Å²) in [6.45, 7) is 4.51. The number of hydrogen-bond acceptors (Lipinski definition) is 3. The number of aliphatic hydroxyl groups excluding tert-OH is 2. The molecule has 0 aliphatic heterocycles. The molecule has 5 nitrogen and oxygen atoms in total. The molecule has 0 unspecified atom stereocenters. The van der Waals surface area contributed by atoms with E-state index < -0.39 is 0 Å². The molecule has 5 heteroatoms. The van der Waals surface area contributed by atoms with Crippen molar-refractivity contribution in [1.82, 2.24) is 4.90 Å². The Morgan fingerprint density at radius 2 is 1.95 bits per heavy atom. The summed E-state index contributed by atoms with van der Waals surface area (Å²) >= 11 is 0. The summed E-state index contributed by atoms with van der Waals surface area (Å²) in [5.74, 6) is 0. The van der Waals surface area contributed by atoms with E-state index in [2.05, 4.69) is 5.32 Å². The summed E-state index contributed by atoms with van der Waals surface area (Å²) in [6, 6.07) is 5.60. The van der Waals surface area contributed by atoms with Crippen LogP contribution in [0.5, 0.6) is 0 Å². The third-order valence-corrected chi connectivity index (χ3v) is 2.88. The van der Waals surface area contributed by atoms with Crippen LogP contribution in [0.3, 0.4) is 0 Å². The number of carbonyl (C=O) groups excluding carboxylic acids is 1. The Morgan fingerprint density at radius 1 is 1.21 bits per heavy atom. The third kappa shape index (κ3) is 4.89. The average Bonchev–Trinajstić information content (AvgIpc) is 2.38. The van der Waals surface area contributed by atoms with Crippen molar-refractivity contribution < 1.29 is 15.0 Å². The Bertz CT molecular complexity index is 421. The second kappa shape index (κ2) is 7.76. The van der Waals surface area contributed by atoms with Gasteiger partial charge in [0.1, 0.15) is 0 Å². The molecular weight excluding hydrogens is 244 g/mol. The fourth-order valence-electron chi connectivity index (χ4n) is 1.76. The summed E-state index contributed by atoms with van der Waals surface area (Å²) in [6.07, 6.45) is 0.500. The third-order valence-electron chi connectivity index (χ3n) is 2.88. The smallest absolute Gasteiger partial charge is 0.321 e. The second-order valence-electron chi connectivity index (χ2n) is 4.54. The number of amides is 2. The zero-order valence-electron chi connectivity index (χ0n) is 11.5. The molecule has 0 atom stereocenters. The maximum absolute atomic E-state index is 12.1. The van der Waals surface area contributed by atoms with E-state index in [0.717, 1.165) is 16.8 Å². The van der Waals surface area contributed by atoms with Gasteiger partial charge in [0.25, 0.3) is 0 Å². The molecule has 106 valence electrons. The Morgan fingerprint density at radius 3 is 2.58 bits per heavy atom. The van der Waals surface area contributed by atoms with Crippen molar-refractivity contribution in [2.45, 2.75) is 20.3 Å². The van der Waals surface area contributed by atoms with Crippen LogP contribution in [0.4, 0.5) is 10.5 Å². The molecule has 1 rings (SSSR count). The van der Waals surface area contributed by atoms with Gasteiger partial charge in [-0.05, 0) is 37.5 Å². The van der Waals surface area contributed by atoms with Gasteiger partial charge in [-0.15, -0.1) is 0 Å². The van der Waals surface area contributed by atoms with Gasteiger partial charge in [-0.25, -0.2) is 4.79 Å². The quantitative estimate of drug-likeness (QED) is 0.731. The summed E-state index contributed by atoms with van der Waals surface area (Å²) in [4.78, 5) is 13.6. The van der Waals surface area contributed by atoms with Gasteiger partial charge in [0.15, 0.2) is 0 Å². The number of aryl methyl sites for hydroxylation is 2. The van der Waals surface area contributed by atoms with Gasteiger partial charge in [-0.1, -0.05) is 12.1 Å². The molecule has 0 saturated heterocycles. The lowest BCUT2D eigenvalue weighted by Gasteiger charge is -2.22. The number of anilines is 1. The number of hydrogen-bond donors (Lipinski definition) is 3. The van der Waals surface area contributed by atoms with Crippen LogP contribution in [-0.2, 0) is 0 Å². The van der Waals surface area contributed by atoms with Crippen molar-refractivity contribution in [2.75, 3.05) is 31.6 Å². The van der Waals surface area contributed by atoms with Crippen LogP contribution in [0.2, 0.25) is 0 Å². The van der Waals surface area contributed by atoms with Crippen LogP contribution in [-0.4, -0.2) is 47.4 Å². The molecule has 0 bridgehead atoms. The molecule has 0 fully saturated rings. The number of urea groups is 1. The highest BCUT2D eigenvalue weighted by Crippen LogP contribution is 2.16. The molecule has 0 aromatic heterocycles. The van der Waals surface area contributed by atoms with E-state index >= 15 is 0 Å². The van der Waals surface area contributed by atoms with E-state index in [1.165, 1.54) is 4.90 Å². The normalized spacial score (nSPS) is 10.3. The molecule has 1 aromatic carbocycles. The van der Waals surface area contributed by atoms with E-state index in [-0.39, 0.29) is 25.8 Å². The molecular formula is C14H22N2O3. The van der Waals surface area contributed by atoms with Gasteiger partial charge >= 0.3 is 6.03 Å². The largest absolute Gasteiger partial charge is 0.396 e. The van der Waals surface area contributed by atoms with Crippen LogP contribution < -0.4 is 5.32 Å². The molecule has 0 spiro atoms. The van der Waals surface area contributed by atoms with Gasteiger partial charge in [0.05, 0.1) is 6.61 Å². The van der Waals surface area contributed by atoms with Crippen molar-refractivity contribution in [2.24, 2.45) is 0 Å². The first-order valence-electron chi connectivity index (χ1n) is 6.43. The van der Waals surface area contributed by atoms with Gasteiger partial charge in [0, 0.05) is 25.4 Å². The van der Waals surface area contributed by atoms with Crippen LogP contribution in [0.1, 0.15) is 17.5 Å². The number of rotatable bonds is 6. The van der Waals surface area contributed by atoms with Crippen LogP contribution in [0.25, 0.3) is 0 Å². The van der Waals surface area contributed by atoms with Gasteiger partial charge in [0.2, 0.25) is 0 Å². The minimum absolute atomic E-state index is 0.0265. The summed E-state index contributed by atoms with van der Waals surface area (Å²) in [7, 11) is 0. The first-order chi connectivity index (χ1) is 9.08. The Balaban J connectivity index is 2.71. The van der Waals surface area contributed by atoms with Crippen molar-refractivity contribution >= 4 is 11.7 Å². The molecule has 0 saturated carbocycles. The lowest BCUT2D eigenvalue weighted by molar-refractivity contribution is 0.180. The number of carbonyl (C=O) groups is 1. The first-order valence-corrected chi connectivity index (χ1v) is 6.43. The van der Waals surface area contributed by atoms with E-state index in [4.69, 9.17) is 10.2 Å². The first kappa shape index (κ1) is 15.5. The highest BCUT2D eigenvalue weighted by Gasteiger charge is 2.13. The second-order valence-corrected chi connectivity index (χ2v) is 4.54. The monoisotopic (exact) mass is 266 g/mol. The maximum Gasteiger partial charge on any atom is 0.321 e. The van der Waals surface area contributed by atoms with Crippen molar-refractivity contribution in [3.05, 3.63) is 29.3 Å². The zero-order valence-corrected chi connectivity index (χ0v) is 11.5. The van der Waals surface area contributed by atoms with Crippen molar-refractivity contribution in [3.63, 3.8) is 0 Å². The Hall–Kier alpha value is -1.59. The number of benzene rings is 1. The van der Waals surface area contributed by atoms with E-state index in [1.54, 1.807) is 0 Å². The van der Waals surface area contributed by atoms with E-state index in [0.29, 0.717) is 13.0 Å². The van der Waals surface area contributed by atoms with Gasteiger partial charge < -0.3 is 20.4 Å². The SMILES string of the molecule is Cc1ccc(C)c(NC(=O)N(CCO)CCCO)c1.